The fourth-order valence-electron chi connectivity index (χ4n) is 3.64. The molecule has 1 aliphatic carbocycles. The van der Waals surface area contributed by atoms with E-state index in [-0.39, 0.29) is 0 Å². The Morgan fingerprint density at radius 3 is 2.71 bits per heavy atom. The van der Waals surface area contributed by atoms with Gasteiger partial charge in [0.25, 0.3) is 0 Å². The topological polar surface area (TPSA) is 27.1 Å². The Morgan fingerprint density at radius 2 is 2.10 bits per heavy atom. The summed E-state index contributed by atoms with van der Waals surface area (Å²) in [5.74, 6) is 2.30. The molecule has 0 atom stereocenters. The SMILES string of the molecule is CCC1(Cn2c(CCl)nc3ccc(OC)cc32)CCCC1. The Balaban J connectivity index is 2.06. The summed E-state index contributed by atoms with van der Waals surface area (Å²) in [5, 5.41) is 0. The molecule has 0 amide bonds. The van der Waals surface area contributed by atoms with Gasteiger partial charge in [-0.1, -0.05) is 19.8 Å². The van der Waals surface area contributed by atoms with Gasteiger partial charge in [0.05, 0.1) is 24.0 Å². The highest BCUT2D eigenvalue weighted by molar-refractivity contribution is 6.16. The van der Waals surface area contributed by atoms with Gasteiger partial charge in [0.1, 0.15) is 11.6 Å². The van der Waals surface area contributed by atoms with E-state index in [0.29, 0.717) is 11.3 Å². The quantitative estimate of drug-likeness (QED) is 0.745. The lowest BCUT2D eigenvalue weighted by atomic mass is 9.83. The van der Waals surface area contributed by atoms with E-state index in [1.165, 1.54) is 32.1 Å². The molecule has 1 aliphatic rings. The zero-order chi connectivity index (χ0) is 14.9. The maximum Gasteiger partial charge on any atom is 0.124 e. The van der Waals surface area contributed by atoms with Gasteiger partial charge in [0, 0.05) is 12.6 Å². The average molecular weight is 307 g/mol. The molecule has 1 fully saturated rings. The van der Waals surface area contributed by atoms with Crippen LogP contribution in [-0.2, 0) is 12.4 Å². The van der Waals surface area contributed by atoms with Crippen LogP contribution in [0.5, 0.6) is 5.75 Å². The maximum atomic E-state index is 6.14. The molecule has 3 nitrogen and oxygen atoms in total. The highest BCUT2D eigenvalue weighted by atomic mass is 35.5. The first-order valence-corrected chi connectivity index (χ1v) is 8.34. The van der Waals surface area contributed by atoms with Gasteiger partial charge in [0.15, 0.2) is 0 Å². The number of nitrogens with zero attached hydrogens (tertiary/aromatic N) is 2. The largest absolute Gasteiger partial charge is 0.497 e. The molecule has 1 aromatic heterocycles. The Kier molecular flexibility index (Phi) is 4.12. The fourth-order valence-corrected chi connectivity index (χ4v) is 3.85. The average Bonchev–Trinajstić information content (AvgIpc) is 3.12. The molecule has 0 aliphatic heterocycles. The van der Waals surface area contributed by atoms with E-state index in [9.17, 15) is 0 Å². The van der Waals surface area contributed by atoms with Crippen molar-refractivity contribution in [3.63, 3.8) is 0 Å². The lowest BCUT2D eigenvalue weighted by Gasteiger charge is -2.29. The summed E-state index contributed by atoms with van der Waals surface area (Å²) >= 11 is 6.14. The molecule has 0 saturated heterocycles. The smallest absolute Gasteiger partial charge is 0.124 e. The standard InChI is InChI=1S/C17H23ClN2O/c1-3-17(8-4-5-9-17)12-20-15-10-13(21-2)6-7-14(15)19-16(20)11-18/h6-7,10H,3-5,8-9,11-12H2,1-2H3. The molecule has 1 heterocycles. The highest BCUT2D eigenvalue weighted by Gasteiger charge is 2.33. The van der Waals surface area contributed by atoms with E-state index < -0.39 is 0 Å². The van der Waals surface area contributed by atoms with Gasteiger partial charge in [-0.2, -0.15) is 0 Å². The molecule has 2 aromatic rings. The Hall–Kier alpha value is -1.22. The Bertz CT molecular complexity index is 629. The minimum Gasteiger partial charge on any atom is -0.497 e. The lowest BCUT2D eigenvalue weighted by molar-refractivity contribution is 0.238. The van der Waals surface area contributed by atoms with Crippen LogP contribution < -0.4 is 4.74 Å². The molecule has 21 heavy (non-hydrogen) atoms. The number of imidazole rings is 1. The summed E-state index contributed by atoms with van der Waals surface area (Å²) in [6.07, 6.45) is 6.54. The van der Waals surface area contributed by atoms with Crippen LogP contribution in [0.15, 0.2) is 18.2 Å². The summed E-state index contributed by atoms with van der Waals surface area (Å²) in [7, 11) is 1.70. The zero-order valence-corrected chi connectivity index (χ0v) is 13.6. The molecule has 1 aromatic carbocycles. The molecule has 1 saturated carbocycles. The second-order valence-corrected chi connectivity index (χ2v) is 6.43. The van der Waals surface area contributed by atoms with Crippen molar-refractivity contribution in [1.82, 2.24) is 9.55 Å². The number of methoxy groups -OCH3 is 1. The number of benzene rings is 1. The van der Waals surface area contributed by atoms with Gasteiger partial charge in [-0.05, 0) is 36.8 Å². The number of rotatable bonds is 5. The third-order valence-electron chi connectivity index (χ3n) is 5.06. The van der Waals surface area contributed by atoms with Crippen LogP contribution >= 0.6 is 11.6 Å². The van der Waals surface area contributed by atoms with Crippen LogP contribution in [0, 0.1) is 5.41 Å². The van der Waals surface area contributed by atoms with Crippen LogP contribution in [0.1, 0.15) is 44.9 Å². The molecule has 0 spiro atoms. The van der Waals surface area contributed by atoms with E-state index in [0.717, 1.165) is 29.2 Å². The van der Waals surface area contributed by atoms with Crippen LogP contribution in [0.4, 0.5) is 0 Å². The van der Waals surface area contributed by atoms with Crippen molar-refractivity contribution >= 4 is 22.6 Å². The highest BCUT2D eigenvalue weighted by Crippen LogP contribution is 2.43. The van der Waals surface area contributed by atoms with Crippen molar-refractivity contribution in [2.24, 2.45) is 5.41 Å². The summed E-state index contributed by atoms with van der Waals surface area (Å²) < 4.78 is 7.69. The summed E-state index contributed by atoms with van der Waals surface area (Å²) in [6, 6.07) is 6.06. The van der Waals surface area contributed by atoms with Crippen molar-refractivity contribution in [3.05, 3.63) is 24.0 Å². The first kappa shape index (κ1) is 14.7. The Morgan fingerprint density at radius 1 is 1.33 bits per heavy atom. The normalized spacial score (nSPS) is 17.5. The number of hydrogen-bond acceptors (Lipinski definition) is 2. The van der Waals surface area contributed by atoms with E-state index in [1.807, 2.05) is 12.1 Å². The lowest BCUT2D eigenvalue weighted by Crippen LogP contribution is -2.23. The van der Waals surface area contributed by atoms with Crippen LogP contribution in [0.3, 0.4) is 0 Å². The zero-order valence-electron chi connectivity index (χ0n) is 12.9. The molecule has 3 rings (SSSR count). The first-order chi connectivity index (χ1) is 10.2. The predicted octanol–water partition coefficient (Wildman–Crippen LogP) is 4.75. The second-order valence-electron chi connectivity index (χ2n) is 6.16. The predicted molar refractivity (Wildman–Crippen MR) is 87.0 cm³/mol. The summed E-state index contributed by atoms with van der Waals surface area (Å²) in [4.78, 5) is 4.69. The fraction of sp³-hybridized carbons (Fsp3) is 0.588. The number of alkyl halides is 1. The molecule has 4 heteroatoms. The Labute approximate surface area is 131 Å². The van der Waals surface area contributed by atoms with Gasteiger partial charge in [-0.3, -0.25) is 0 Å². The second kappa shape index (κ2) is 5.88. The van der Waals surface area contributed by atoms with E-state index in [1.54, 1.807) is 7.11 Å². The number of hydrogen-bond donors (Lipinski definition) is 0. The third-order valence-corrected chi connectivity index (χ3v) is 5.30. The van der Waals surface area contributed by atoms with Crippen molar-refractivity contribution < 1.29 is 4.74 Å². The monoisotopic (exact) mass is 306 g/mol. The van der Waals surface area contributed by atoms with Gasteiger partial charge in [-0.15, -0.1) is 11.6 Å². The summed E-state index contributed by atoms with van der Waals surface area (Å²) in [5.41, 5.74) is 2.57. The number of ether oxygens (including phenoxy) is 1. The number of aromatic nitrogens is 2. The van der Waals surface area contributed by atoms with Crippen molar-refractivity contribution in [1.29, 1.82) is 0 Å². The van der Waals surface area contributed by atoms with Crippen LogP contribution in [0.25, 0.3) is 11.0 Å². The minimum atomic E-state index is 0.414. The molecule has 114 valence electrons. The number of halogens is 1. The maximum absolute atomic E-state index is 6.14. The van der Waals surface area contributed by atoms with E-state index in [2.05, 4.69) is 22.5 Å². The molecule has 0 unspecified atom stereocenters. The molecular weight excluding hydrogens is 284 g/mol. The van der Waals surface area contributed by atoms with Gasteiger partial charge in [0.2, 0.25) is 0 Å². The minimum absolute atomic E-state index is 0.414. The third kappa shape index (κ3) is 2.64. The van der Waals surface area contributed by atoms with Gasteiger partial charge >= 0.3 is 0 Å². The van der Waals surface area contributed by atoms with Crippen molar-refractivity contribution in [2.75, 3.05) is 7.11 Å². The van der Waals surface area contributed by atoms with Crippen LogP contribution in [-0.4, -0.2) is 16.7 Å². The van der Waals surface area contributed by atoms with Crippen molar-refractivity contribution in [2.45, 2.75) is 51.5 Å². The molecule has 0 N–H and O–H groups in total. The van der Waals surface area contributed by atoms with Crippen LogP contribution in [0.2, 0.25) is 0 Å². The molecule has 0 radical (unpaired) electrons. The van der Waals surface area contributed by atoms with Gasteiger partial charge in [-0.25, -0.2) is 4.98 Å². The van der Waals surface area contributed by atoms with E-state index in [4.69, 9.17) is 16.3 Å². The molecular formula is C17H23ClN2O. The van der Waals surface area contributed by atoms with E-state index >= 15 is 0 Å². The first-order valence-electron chi connectivity index (χ1n) is 7.80. The number of fused-ring (bicyclic) bond motifs is 1. The van der Waals surface area contributed by atoms with Crippen molar-refractivity contribution in [3.8, 4) is 5.75 Å². The molecule has 0 bridgehead atoms. The van der Waals surface area contributed by atoms with Gasteiger partial charge < -0.3 is 9.30 Å². The summed E-state index contributed by atoms with van der Waals surface area (Å²) in [6.45, 7) is 3.33.